The smallest absolute Gasteiger partial charge is 0.257 e. The second-order valence-electron chi connectivity index (χ2n) is 10.4. The fraction of sp³-hybridized carbons (Fsp3) is 0.519. The van der Waals surface area contributed by atoms with Crippen LogP contribution in [-0.4, -0.2) is 88.7 Å². The van der Waals surface area contributed by atoms with Crippen LogP contribution in [0.1, 0.15) is 35.2 Å². The number of carbonyl (C=O) groups excluding carboxylic acids is 1. The molecular weight excluding hydrogens is 519 g/mol. The molecule has 0 aliphatic carbocycles. The zero-order valence-corrected chi connectivity index (χ0v) is 22.0. The SMILES string of the molecule is O=C(c1cc(Cl)c(O)cc1OC[C@@H](O)CN1CCC2(CC1)Cc1cc(Cl)ccc1O2)N1CC[C@H](CO)C1. The summed E-state index contributed by atoms with van der Waals surface area (Å²) >= 11 is 12.2. The third-order valence-corrected chi connectivity index (χ3v) is 8.18. The Morgan fingerprint density at radius 1 is 1.19 bits per heavy atom. The molecule has 200 valence electrons. The molecule has 0 unspecified atom stereocenters. The lowest BCUT2D eigenvalue weighted by Gasteiger charge is -2.39. The van der Waals surface area contributed by atoms with Gasteiger partial charge < -0.3 is 34.6 Å². The van der Waals surface area contributed by atoms with Crippen molar-refractivity contribution in [3.8, 4) is 17.2 Å². The monoisotopic (exact) mass is 550 g/mol. The molecule has 0 radical (unpaired) electrons. The minimum absolute atomic E-state index is 0.0285. The molecule has 10 heteroatoms. The number of halogens is 2. The van der Waals surface area contributed by atoms with E-state index in [4.69, 9.17) is 32.7 Å². The number of piperidine rings is 1. The van der Waals surface area contributed by atoms with E-state index in [1.54, 1.807) is 4.90 Å². The van der Waals surface area contributed by atoms with Crippen molar-refractivity contribution < 1.29 is 29.6 Å². The van der Waals surface area contributed by atoms with Gasteiger partial charge in [-0.15, -0.1) is 0 Å². The lowest BCUT2D eigenvalue weighted by molar-refractivity contribution is -0.00202. The highest BCUT2D eigenvalue weighted by molar-refractivity contribution is 6.32. The third kappa shape index (κ3) is 5.78. The predicted molar refractivity (Wildman–Crippen MR) is 140 cm³/mol. The second kappa shape index (κ2) is 10.9. The number of likely N-dealkylation sites (tertiary alicyclic amines) is 2. The molecule has 2 fully saturated rings. The zero-order chi connectivity index (χ0) is 26.2. The first-order valence-electron chi connectivity index (χ1n) is 12.7. The van der Waals surface area contributed by atoms with Crippen molar-refractivity contribution in [2.24, 2.45) is 5.92 Å². The number of hydrogen-bond donors (Lipinski definition) is 3. The van der Waals surface area contributed by atoms with Gasteiger partial charge in [0.2, 0.25) is 0 Å². The van der Waals surface area contributed by atoms with Crippen molar-refractivity contribution in [2.75, 3.05) is 45.9 Å². The Morgan fingerprint density at radius 2 is 1.97 bits per heavy atom. The number of aromatic hydroxyl groups is 1. The van der Waals surface area contributed by atoms with Crippen molar-refractivity contribution in [1.29, 1.82) is 0 Å². The average molecular weight is 551 g/mol. The predicted octanol–water partition coefficient (Wildman–Crippen LogP) is 3.36. The first kappa shape index (κ1) is 26.4. The molecule has 1 spiro atoms. The summed E-state index contributed by atoms with van der Waals surface area (Å²) in [6.45, 7) is 2.96. The van der Waals surface area contributed by atoms with E-state index in [9.17, 15) is 20.1 Å². The van der Waals surface area contributed by atoms with E-state index in [1.807, 2.05) is 18.2 Å². The lowest BCUT2D eigenvalue weighted by Crippen LogP contribution is -2.49. The van der Waals surface area contributed by atoms with E-state index in [-0.39, 0.29) is 52.7 Å². The Morgan fingerprint density at radius 3 is 2.70 bits per heavy atom. The highest BCUT2D eigenvalue weighted by atomic mass is 35.5. The Labute approximate surface area is 226 Å². The van der Waals surface area contributed by atoms with Crippen molar-refractivity contribution in [3.05, 3.63) is 51.5 Å². The van der Waals surface area contributed by atoms with Crippen molar-refractivity contribution >= 4 is 29.1 Å². The van der Waals surface area contributed by atoms with Gasteiger partial charge in [-0.05, 0) is 36.2 Å². The number of amides is 1. The fourth-order valence-corrected chi connectivity index (χ4v) is 5.88. The van der Waals surface area contributed by atoms with Gasteiger partial charge >= 0.3 is 0 Å². The number of phenols is 1. The number of hydrogen-bond acceptors (Lipinski definition) is 7. The largest absolute Gasteiger partial charge is 0.506 e. The minimum Gasteiger partial charge on any atom is -0.506 e. The normalized spacial score (nSPS) is 21.6. The summed E-state index contributed by atoms with van der Waals surface area (Å²) < 4.78 is 12.1. The van der Waals surface area contributed by atoms with Crippen molar-refractivity contribution in [3.63, 3.8) is 0 Å². The van der Waals surface area contributed by atoms with Gasteiger partial charge in [0.05, 0.1) is 10.6 Å². The van der Waals surface area contributed by atoms with Crippen LogP contribution in [-0.2, 0) is 6.42 Å². The summed E-state index contributed by atoms with van der Waals surface area (Å²) in [5, 5.41) is 31.0. The molecule has 0 bridgehead atoms. The molecule has 2 aromatic carbocycles. The van der Waals surface area contributed by atoms with Crippen LogP contribution in [0.25, 0.3) is 0 Å². The number of aliphatic hydroxyl groups is 2. The Hall–Kier alpha value is -2.23. The van der Waals surface area contributed by atoms with E-state index < -0.39 is 6.10 Å². The summed E-state index contributed by atoms with van der Waals surface area (Å²) in [7, 11) is 0. The summed E-state index contributed by atoms with van der Waals surface area (Å²) in [6, 6.07) is 8.46. The Kier molecular flexibility index (Phi) is 7.75. The van der Waals surface area contributed by atoms with Crippen LogP contribution in [0.15, 0.2) is 30.3 Å². The summed E-state index contributed by atoms with van der Waals surface area (Å²) in [6.07, 6.45) is 2.48. The summed E-state index contributed by atoms with van der Waals surface area (Å²) in [5.74, 6) is 0.656. The number of phenolic OH excluding ortho intramolecular Hbond substituents is 1. The van der Waals surface area contributed by atoms with Gasteiger partial charge in [0.15, 0.2) is 0 Å². The molecule has 5 rings (SSSR count). The molecule has 3 aliphatic rings. The molecule has 2 aromatic rings. The highest BCUT2D eigenvalue weighted by Gasteiger charge is 2.42. The van der Waals surface area contributed by atoms with E-state index in [0.717, 1.165) is 50.1 Å². The Balaban J connectivity index is 1.15. The minimum atomic E-state index is -0.791. The van der Waals surface area contributed by atoms with Gasteiger partial charge in [-0.25, -0.2) is 0 Å². The molecule has 2 saturated heterocycles. The van der Waals surface area contributed by atoms with E-state index in [1.165, 1.54) is 12.1 Å². The molecule has 1 amide bonds. The molecule has 3 heterocycles. The van der Waals surface area contributed by atoms with Gasteiger partial charge in [0.25, 0.3) is 5.91 Å². The van der Waals surface area contributed by atoms with Gasteiger partial charge in [-0.3, -0.25) is 4.79 Å². The number of β-amino-alcohol motifs (C(OH)–C–C–N with tert-alkyl or cyclic N) is 1. The maximum Gasteiger partial charge on any atom is 0.257 e. The maximum absolute atomic E-state index is 13.1. The third-order valence-electron chi connectivity index (χ3n) is 7.64. The van der Waals surface area contributed by atoms with Crippen molar-refractivity contribution in [1.82, 2.24) is 9.80 Å². The van der Waals surface area contributed by atoms with Crippen LogP contribution in [0.3, 0.4) is 0 Å². The number of rotatable bonds is 7. The topological polar surface area (TPSA) is 103 Å². The number of carbonyl (C=O) groups is 1. The van der Waals surface area contributed by atoms with Gasteiger partial charge in [0, 0.05) is 75.6 Å². The molecule has 0 saturated carbocycles. The summed E-state index contributed by atoms with van der Waals surface area (Å²) in [5.41, 5.74) is 1.16. The number of ether oxygens (including phenoxy) is 2. The van der Waals surface area contributed by atoms with Gasteiger partial charge in [-0.2, -0.15) is 0 Å². The molecule has 37 heavy (non-hydrogen) atoms. The van der Waals surface area contributed by atoms with Crippen LogP contribution in [0.2, 0.25) is 10.0 Å². The van der Waals surface area contributed by atoms with E-state index in [0.29, 0.717) is 24.7 Å². The quantitative estimate of drug-likeness (QED) is 0.485. The van der Waals surface area contributed by atoms with Crippen LogP contribution in [0.4, 0.5) is 0 Å². The average Bonchev–Trinajstić information content (AvgIpc) is 3.50. The van der Waals surface area contributed by atoms with Crippen molar-refractivity contribution in [2.45, 2.75) is 37.4 Å². The zero-order valence-electron chi connectivity index (χ0n) is 20.5. The van der Waals surface area contributed by atoms with Crippen LogP contribution in [0.5, 0.6) is 17.2 Å². The second-order valence-corrected chi connectivity index (χ2v) is 11.2. The standard InChI is InChI=1S/C27H32Cl2N2O6/c28-19-1-2-24-18(9-19)12-27(37-24)4-7-30(8-5-27)14-20(33)16-36-25-11-23(34)22(29)10-21(25)26(35)31-6-3-17(13-31)15-32/h1-2,9-11,17,20,32-34H,3-8,12-16H2/t17-,20-/m0/s1. The van der Waals surface area contributed by atoms with Crippen LogP contribution in [0, 0.1) is 5.92 Å². The molecular formula is C27H32Cl2N2O6. The van der Waals surface area contributed by atoms with Crippen LogP contribution < -0.4 is 9.47 Å². The number of aliphatic hydroxyl groups excluding tert-OH is 2. The number of fused-ring (bicyclic) bond motifs is 1. The fourth-order valence-electron chi connectivity index (χ4n) is 5.53. The van der Waals surface area contributed by atoms with Gasteiger partial charge in [-0.1, -0.05) is 23.2 Å². The molecule has 0 aromatic heterocycles. The van der Waals surface area contributed by atoms with Crippen LogP contribution >= 0.6 is 23.2 Å². The highest BCUT2D eigenvalue weighted by Crippen LogP contribution is 2.42. The van der Waals surface area contributed by atoms with E-state index >= 15 is 0 Å². The maximum atomic E-state index is 13.1. The molecule has 2 atom stereocenters. The molecule has 8 nitrogen and oxygen atoms in total. The molecule has 3 aliphatic heterocycles. The Bertz CT molecular complexity index is 1150. The first-order valence-corrected chi connectivity index (χ1v) is 13.4. The summed E-state index contributed by atoms with van der Waals surface area (Å²) in [4.78, 5) is 16.9. The van der Waals surface area contributed by atoms with Gasteiger partial charge in [0.1, 0.15) is 35.6 Å². The first-order chi connectivity index (χ1) is 17.7. The van der Waals surface area contributed by atoms with E-state index in [2.05, 4.69) is 4.90 Å². The number of benzene rings is 2. The lowest BCUT2D eigenvalue weighted by atomic mass is 9.87. The molecule has 3 N–H and O–H groups in total. The number of nitrogens with zero attached hydrogens (tertiary/aromatic N) is 2.